The van der Waals surface area contributed by atoms with E-state index in [2.05, 4.69) is 34.6 Å². The van der Waals surface area contributed by atoms with Crippen LogP contribution in [0.2, 0.25) is 0 Å². The Morgan fingerprint density at radius 2 is 1.94 bits per heavy atom. The zero-order valence-corrected chi connectivity index (χ0v) is 18.5. The van der Waals surface area contributed by atoms with Gasteiger partial charge in [0.2, 0.25) is 5.91 Å². The minimum absolute atomic E-state index is 0.115. The van der Waals surface area contributed by atoms with E-state index in [1.165, 1.54) is 5.56 Å². The summed E-state index contributed by atoms with van der Waals surface area (Å²) in [5.74, 6) is 0.950. The van der Waals surface area contributed by atoms with E-state index in [9.17, 15) is 4.79 Å². The van der Waals surface area contributed by atoms with E-state index in [0.29, 0.717) is 26.2 Å². The fourth-order valence-electron chi connectivity index (χ4n) is 4.42. The first-order valence-electron chi connectivity index (χ1n) is 11.2. The number of pyridine rings is 1. The standard InChI is InChI=1S/C27H30N2O3/c1-31-24-9-4-6-21(18-24)11-15-29-26(30)27(12-16-32-17-13-27)19-22-7-2-3-10-25(22)23-8-5-14-28-20-23/h2-10,14,18,20H,11-13,15-17,19H2,1H3,(H,29,30). The zero-order chi connectivity index (χ0) is 22.2. The monoisotopic (exact) mass is 430 g/mol. The number of benzene rings is 2. The second-order valence-electron chi connectivity index (χ2n) is 8.33. The molecule has 1 N–H and O–H groups in total. The smallest absolute Gasteiger partial charge is 0.226 e. The molecule has 4 rings (SSSR count). The van der Waals surface area contributed by atoms with Crippen molar-refractivity contribution in [2.45, 2.75) is 25.7 Å². The molecule has 0 spiro atoms. The van der Waals surface area contributed by atoms with Gasteiger partial charge < -0.3 is 14.8 Å². The largest absolute Gasteiger partial charge is 0.497 e. The van der Waals surface area contributed by atoms with Crippen LogP contribution < -0.4 is 10.1 Å². The van der Waals surface area contributed by atoms with Crippen LogP contribution in [-0.2, 0) is 22.4 Å². The molecule has 1 aliphatic heterocycles. The summed E-state index contributed by atoms with van der Waals surface area (Å²) in [6.07, 6.45) is 6.55. The summed E-state index contributed by atoms with van der Waals surface area (Å²) in [4.78, 5) is 17.8. The molecule has 166 valence electrons. The lowest BCUT2D eigenvalue weighted by Gasteiger charge is -2.36. The molecule has 2 aromatic carbocycles. The minimum atomic E-state index is -0.467. The van der Waals surface area contributed by atoms with E-state index in [1.54, 1.807) is 13.3 Å². The summed E-state index contributed by atoms with van der Waals surface area (Å²) in [7, 11) is 1.67. The van der Waals surface area contributed by atoms with Crippen LogP contribution >= 0.6 is 0 Å². The normalized spacial score (nSPS) is 15.2. The van der Waals surface area contributed by atoms with Gasteiger partial charge in [-0.05, 0) is 60.6 Å². The Kier molecular flexibility index (Phi) is 7.17. The lowest BCUT2D eigenvalue weighted by molar-refractivity contribution is -0.136. The van der Waals surface area contributed by atoms with Gasteiger partial charge in [0.1, 0.15) is 5.75 Å². The quantitative estimate of drug-likeness (QED) is 0.573. The van der Waals surface area contributed by atoms with Crippen molar-refractivity contribution in [3.8, 4) is 16.9 Å². The van der Waals surface area contributed by atoms with Crippen LogP contribution in [0.1, 0.15) is 24.0 Å². The van der Waals surface area contributed by atoms with Crippen LogP contribution in [0.25, 0.3) is 11.1 Å². The topological polar surface area (TPSA) is 60.5 Å². The maximum Gasteiger partial charge on any atom is 0.226 e. The minimum Gasteiger partial charge on any atom is -0.497 e. The number of hydrogen-bond acceptors (Lipinski definition) is 4. The molecular formula is C27H30N2O3. The van der Waals surface area contributed by atoms with Crippen molar-refractivity contribution in [2.75, 3.05) is 26.9 Å². The molecule has 0 bridgehead atoms. The molecule has 1 aromatic heterocycles. The summed E-state index contributed by atoms with van der Waals surface area (Å²) in [5.41, 5.74) is 4.06. The van der Waals surface area contributed by atoms with Gasteiger partial charge in [-0.15, -0.1) is 0 Å². The van der Waals surface area contributed by atoms with E-state index >= 15 is 0 Å². The SMILES string of the molecule is COc1cccc(CCNC(=O)C2(Cc3ccccc3-c3cccnc3)CCOCC2)c1. The number of carbonyl (C=O) groups excluding carboxylic acids is 1. The van der Waals surface area contributed by atoms with E-state index in [4.69, 9.17) is 9.47 Å². The number of nitrogens with one attached hydrogen (secondary N) is 1. The molecule has 1 fully saturated rings. The van der Waals surface area contributed by atoms with Gasteiger partial charge in [-0.25, -0.2) is 0 Å². The number of amides is 1. The van der Waals surface area contributed by atoms with E-state index in [0.717, 1.165) is 41.7 Å². The van der Waals surface area contributed by atoms with Crippen molar-refractivity contribution in [3.05, 3.63) is 84.2 Å². The molecule has 1 amide bonds. The highest BCUT2D eigenvalue weighted by molar-refractivity contribution is 5.83. The number of hydrogen-bond donors (Lipinski definition) is 1. The van der Waals surface area contributed by atoms with E-state index in [-0.39, 0.29) is 5.91 Å². The first kappa shape index (κ1) is 22.0. The fourth-order valence-corrected chi connectivity index (χ4v) is 4.42. The number of aromatic nitrogens is 1. The van der Waals surface area contributed by atoms with Crippen molar-refractivity contribution in [3.63, 3.8) is 0 Å². The lowest BCUT2D eigenvalue weighted by Crippen LogP contribution is -2.46. The number of methoxy groups -OCH3 is 1. The van der Waals surface area contributed by atoms with E-state index in [1.807, 2.05) is 42.6 Å². The first-order valence-corrected chi connectivity index (χ1v) is 11.2. The van der Waals surface area contributed by atoms with Gasteiger partial charge in [0.15, 0.2) is 0 Å². The predicted octanol–water partition coefficient (Wildman–Crippen LogP) is 4.46. The van der Waals surface area contributed by atoms with E-state index < -0.39 is 5.41 Å². The second kappa shape index (κ2) is 10.4. The number of rotatable bonds is 8. The van der Waals surface area contributed by atoms with Crippen molar-refractivity contribution in [2.24, 2.45) is 5.41 Å². The fraction of sp³-hybridized carbons (Fsp3) is 0.333. The molecule has 5 nitrogen and oxygen atoms in total. The summed E-state index contributed by atoms with van der Waals surface area (Å²) < 4.78 is 10.9. The summed E-state index contributed by atoms with van der Waals surface area (Å²) in [6, 6.07) is 20.3. The Morgan fingerprint density at radius 3 is 2.72 bits per heavy atom. The number of carbonyl (C=O) groups is 1. The van der Waals surface area contributed by atoms with Crippen molar-refractivity contribution >= 4 is 5.91 Å². The van der Waals surface area contributed by atoms with Crippen LogP contribution in [0, 0.1) is 5.41 Å². The molecule has 2 heterocycles. The third-order valence-corrected chi connectivity index (χ3v) is 6.28. The zero-order valence-electron chi connectivity index (χ0n) is 18.5. The maximum atomic E-state index is 13.5. The third-order valence-electron chi connectivity index (χ3n) is 6.28. The van der Waals surface area contributed by atoms with Crippen LogP contribution in [-0.4, -0.2) is 37.8 Å². The van der Waals surface area contributed by atoms with Gasteiger partial charge in [0.05, 0.1) is 12.5 Å². The molecule has 1 saturated heterocycles. The van der Waals surface area contributed by atoms with Crippen LogP contribution in [0.4, 0.5) is 0 Å². The van der Waals surface area contributed by atoms with Gasteiger partial charge in [0, 0.05) is 37.7 Å². The van der Waals surface area contributed by atoms with Gasteiger partial charge in [-0.1, -0.05) is 42.5 Å². The Hall–Kier alpha value is -3.18. The highest BCUT2D eigenvalue weighted by Crippen LogP contribution is 2.37. The average Bonchev–Trinajstić information content (AvgIpc) is 2.85. The molecule has 0 atom stereocenters. The molecule has 0 unspecified atom stereocenters. The molecule has 0 saturated carbocycles. The van der Waals surface area contributed by atoms with Crippen molar-refractivity contribution in [1.29, 1.82) is 0 Å². The highest BCUT2D eigenvalue weighted by Gasteiger charge is 2.40. The van der Waals surface area contributed by atoms with Crippen LogP contribution in [0.15, 0.2) is 73.1 Å². The van der Waals surface area contributed by atoms with Gasteiger partial charge in [0.25, 0.3) is 0 Å². The molecule has 3 aromatic rings. The summed E-state index contributed by atoms with van der Waals surface area (Å²) in [5, 5.41) is 3.21. The molecule has 1 aliphatic rings. The summed E-state index contributed by atoms with van der Waals surface area (Å²) >= 11 is 0. The number of ether oxygens (including phenoxy) is 2. The van der Waals surface area contributed by atoms with Crippen molar-refractivity contribution in [1.82, 2.24) is 10.3 Å². The predicted molar refractivity (Wildman–Crippen MR) is 126 cm³/mol. The molecule has 32 heavy (non-hydrogen) atoms. The Balaban J connectivity index is 1.50. The molecule has 5 heteroatoms. The van der Waals surface area contributed by atoms with Crippen LogP contribution in [0.5, 0.6) is 5.75 Å². The van der Waals surface area contributed by atoms with Crippen LogP contribution in [0.3, 0.4) is 0 Å². The maximum absolute atomic E-state index is 13.5. The average molecular weight is 431 g/mol. The first-order chi connectivity index (χ1) is 15.7. The van der Waals surface area contributed by atoms with Gasteiger partial charge in [-0.2, -0.15) is 0 Å². The number of nitrogens with zero attached hydrogens (tertiary/aromatic N) is 1. The van der Waals surface area contributed by atoms with Gasteiger partial charge in [-0.3, -0.25) is 9.78 Å². The molecule has 0 aliphatic carbocycles. The molecule has 0 radical (unpaired) electrons. The lowest BCUT2D eigenvalue weighted by atomic mass is 9.73. The molecular weight excluding hydrogens is 400 g/mol. The van der Waals surface area contributed by atoms with Gasteiger partial charge >= 0.3 is 0 Å². The Bertz CT molecular complexity index is 1030. The third kappa shape index (κ3) is 5.17. The highest BCUT2D eigenvalue weighted by atomic mass is 16.5. The Morgan fingerprint density at radius 1 is 1.09 bits per heavy atom. The van der Waals surface area contributed by atoms with Crippen molar-refractivity contribution < 1.29 is 14.3 Å². The Labute approximate surface area is 189 Å². The summed E-state index contributed by atoms with van der Waals surface area (Å²) in [6.45, 7) is 1.82. The second-order valence-corrected chi connectivity index (χ2v) is 8.33.